The lowest BCUT2D eigenvalue weighted by atomic mass is 10.1. The second-order valence-electron chi connectivity index (χ2n) is 3.12. The van der Waals surface area contributed by atoms with Crippen molar-refractivity contribution in [2.45, 2.75) is 13.6 Å². The molecule has 3 nitrogen and oxygen atoms in total. The number of halogens is 3. The summed E-state index contributed by atoms with van der Waals surface area (Å²) < 4.78 is 42.9. The minimum atomic E-state index is -1.49. The molecule has 0 saturated carbocycles. The van der Waals surface area contributed by atoms with Crippen LogP contribution in [0.4, 0.5) is 13.2 Å². The fraction of sp³-hybridized carbons (Fsp3) is 0.273. The number of ketones is 1. The van der Waals surface area contributed by atoms with E-state index in [9.17, 15) is 22.8 Å². The summed E-state index contributed by atoms with van der Waals surface area (Å²) in [5.41, 5.74) is -1.05. The van der Waals surface area contributed by atoms with Gasteiger partial charge in [-0.3, -0.25) is 4.79 Å². The van der Waals surface area contributed by atoms with Gasteiger partial charge in [0.15, 0.2) is 11.6 Å². The maximum Gasteiger partial charge on any atom is 0.379 e. The lowest BCUT2D eigenvalue weighted by Crippen LogP contribution is -2.19. The van der Waals surface area contributed by atoms with Crippen LogP contribution in [0.25, 0.3) is 0 Å². The third kappa shape index (κ3) is 2.83. The summed E-state index contributed by atoms with van der Waals surface area (Å²) in [5, 5.41) is 0. The number of ether oxygens (including phenoxy) is 1. The van der Waals surface area contributed by atoms with Crippen molar-refractivity contribution in [1.82, 2.24) is 0 Å². The molecule has 0 unspecified atom stereocenters. The molecule has 0 spiro atoms. The molecule has 0 radical (unpaired) electrons. The highest BCUT2D eigenvalue weighted by molar-refractivity contribution is 6.40. The molecule has 92 valence electrons. The number of hydrogen-bond acceptors (Lipinski definition) is 3. The Hall–Kier alpha value is -1.85. The topological polar surface area (TPSA) is 43.4 Å². The van der Waals surface area contributed by atoms with Gasteiger partial charge < -0.3 is 4.74 Å². The quantitative estimate of drug-likeness (QED) is 0.464. The van der Waals surface area contributed by atoms with Crippen LogP contribution in [0.5, 0.6) is 0 Å². The summed E-state index contributed by atoms with van der Waals surface area (Å²) in [6, 6.07) is 1.41. The Morgan fingerprint density at radius 2 is 1.94 bits per heavy atom. The molecule has 6 heteroatoms. The van der Waals surface area contributed by atoms with Gasteiger partial charge in [0.05, 0.1) is 12.2 Å². The van der Waals surface area contributed by atoms with Crippen molar-refractivity contribution in [3.63, 3.8) is 0 Å². The van der Waals surface area contributed by atoms with Crippen LogP contribution in [0.1, 0.15) is 22.8 Å². The molecule has 0 amide bonds. The Morgan fingerprint density at radius 3 is 2.47 bits per heavy atom. The van der Waals surface area contributed by atoms with E-state index >= 15 is 0 Å². The van der Waals surface area contributed by atoms with Crippen LogP contribution in [0.3, 0.4) is 0 Å². The predicted octanol–water partition coefficient (Wildman–Crippen LogP) is 2.18. The highest BCUT2D eigenvalue weighted by atomic mass is 19.2. The monoisotopic (exact) mass is 246 g/mol. The van der Waals surface area contributed by atoms with Gasteiger partial charge >= 0.3 is 5.97 Å². The molecule has 0 aliphatic rings. The van der Waals surface area contributed by atoms with Crippen LogP contribution in [-0.4, -0.2) is 18.4 Å². The van der Waals surface area contributed by atoms with Crippen LogP contribution < -0.4 is 0 Å². The molecular formula is C11H9F3O3. The SMILES string of the molecule is CCOC(=O)C(=O)c1cc(CF)cc(F)c1F. The molecule has 0 heterocycles. The zero-order valence-corrected chi connectivity index (χ0v) is 8.93. The van der Waals surface area contributed by atoms with Crippen LogP contribution in [-0.2, 0) is 16.2 Å². The van der Waals surface area contributed by atoms with Gasteiger partial charge in [0, 0.05) is 0 Å². The smallest absolute Gasteiger partial charge is 0.379 e. The van der Waals surface area contributed by atoms with E-state index in [1.165, 1.54) is 6.92 Å². The first-order valence-corrected chi connectivity index (χ1v) is 4.76. The molecule has 17 heavy (non-hydrogen) atoms. The number of Topliss-reactive ketones (excluding diaryl/α,β-unsaturated/α-hetero) is 1. The molecule has 0 fully saturated rings. The number of alkyl halides is 1. The highest BCUT2D eigenvalue weighted by Gasteiger charge is 2.24. The fourth-order valence-corrected chi connectivity index (χ4v) is 1.19. The van der Waals surface area contributed by atoms with Gasteiger partial charge in [-0.15, -0.1) is 0 Å². The van der Waals surface area contributed by atoms with Crippen molar-refractivity contribution in [1.29, 1.82) is 0 Å². The minimum absolute atomic E-state index is 0.0719. The Kier molecular flexibility index (Phi) is 4.25. The van der Waals surface area contributed by atoms with Crippen molar-refractivity contribution >= 4 is 11.8 Å². The fourth-order valence-electron chi connectivity index (χ4n) is 1.19. The standard InChI is InChI=1S/C11H9F3O3/c1-2-17-11(16)10(15)7-3-6(5-12)4-8(13)9(7)14/h3-4H,2,5H2,1H3. The van der Waals surface area contributed by atoms with E-state index in [1.807, 2.05) is 0 Å². The number of carbonyl (C=O) groups is 2. The first-order valence-electron chi connectivity index (χ1n) is 4.76. The lowest BCUT2D eigenvalue weighted by Gasteiger charge is -2.05. The van der Waals surface area contributed by atoms with Crippen molar-refractivity contribution < 1.29 is 27.5 Å². The average Bonchev–Trinajstić information content (AvgIpc) is 2.31. The van der Waals surface area contributed by atoms with Gasteiger partial charge in [-0.25, -0.2) is 18.0 Å². The van der Waals surface area contributed by atoms with Crippen molar-refractivity contribution in [2.75, 3.05) is 6.61 Å². The normalized spacial score (nSPS) is 10.1. The number of esters is 1. The molecule has 0 atom stereocenters. The molecule has 0 aromatic heterocycles. The summed E-state index contributed by atoms with van der Waals surface area (Å²) in [7, 11) is 0. The van der Waals surface area contributed by atoms with Crippen molar-refractivity contribution in [2.24, 2.45) is 0 Å². The van der Waals surface area contributed by atoms with E-state index < -0.39 is 35.6 Å². The molecular weight excluding hydrogens is 237 g/mol. The Bertz CT molecular complexity index is 458. The molecule has 0 saturated heterocycles. The molecule has 1 rings (SSSR count). The molecule has 1 aromatic rings. The molecule has 0 aliphatic carbocycles. The van der Waals surface area contributed by atoms with E-state index in [0.29, 0.717) is 6.07 Å². The molecule has 1 aromatic carbocycles. The van der Waals surface area contributed by atoms with E-state index in [2.05, 4.69) is 4.74 Å². The van der Waals surface area contributed by atoms with Crippen molar-refractivity contribution in [3.05, 3.63) is 34.9 Å². The van der Waals surface area contributed by atoms with E-state index in [1.54, 1.807) is 0 Å². The third-order valence-corrected chi connectivity index (χ3v) is 1.95. The second kappa shape index (κ2) is 5.47. The van der Waals surface area contributed by atoms with Gasteiger partial charge in [-0.05, 0) is 24.6 Å². The van der Waals surface area contributed by atoms with E-state index in [4.69, 9.17) is 0 Å². The second-order valence-corrected chi connectivity index (χ2v) is 3.12. The van der Waals surface area contributed by atoms with Gasteiger partial charge in [0.1, 0.15) is 6.67 Å². The Morgan fingerprint density at radius 1 is 1.29 bits per heavy atom. The Labute approximate surface area is 95.2 Å². The van der Waals surface area contributed by atoms with Gasteiger partial charge in [-0.2, -0.15) is 0 Å². The van der Waals surface area contributed by atoms with Crippen LogP contribution in [0, 0.1) is 11.6 Å². The zero-order valence-electron chi connectivity index (χ0n) is 8.93. The van der Waals surface area contributed by atoms with Crippen LogP contribution in [0.2, 0.25) is 0 Å². The highest BCUT2D eigenvalue weighted by Crippen LogP contribution is 2.17. The first kappa shape index (κ1) is 13.2. The maximum absolute atomic E-state index is 13.2. The lowest BCUT2D eigenvalue weighted by molar-refractivity contribution is -0.137. The summed E-state index contributed by atoms with van der Waals surface area (Å²) in [5.74, 6) is -5.51. The third-order valence-electron chi connectivity index (χ3n) is 1.95. The number of hydrogen-bond donors (Lipinski definition) is 0. The number of benzene rings is 1. The van der Waals surface area contributed by atoms with Crippen LogP contribution >= 0.6 is 0 Å². The van der Waals surface area contributed by atoms with Gasteiger partial charge in [0.2, 0.25) is 0 Å². The van der Waals surface area contributed by atoms with E-state index in [0.717, 1.165) is 6.07 Å². The summed E-state index contributed by atoms with van der Waals surface area (Å²) in [6.07, 6.45) is 0. The Balaban J connectivity index is 3.16. The number of rotatable bonds is 4. The average molecular weight is 246 g/mol. The minimum Gasteiger partial charge on any atom is -0.460 e. The summed E-state index contributed by atoms with van der Waals surface area (Å²) in [4.78, 5) is 22.4. The van der Waals surface area contributed by atoms with Gasteiger partial charge in [0.25, 0.3) is 5.78 Å². The zero-order chi connectivity index (χ0) is 13.0. The van der Waals surface area contributed by atoms with Crippen molar-refractivity contribution in [3.8, 4) is 0 Å². The summed E-state index contributed by atoms with van der Waals surface area (Å²) in [6.45, 7) is 0.317. The maximum atomic E-state index is 13.2. The first-order chi connectivity index (χ1) is 8.01. The largest absolute Gasteiger partial charge is 0.460 e. The summed E-state index contributed by atoms with van der Waals surface area (Å²) >= 11 is 0. The van der Waals surface area contributed by atoms with Crippen LogP contribution in [0.15, 0.2) is 12.1 Å². The van der Waals surface area contributed by atoms with E-state index in [-0.39, 0.29) is 12.2 Å². The number of carbonyl (C=O) groups excluding carboxylic acids is 2. The van der Waals surface area contributed by atoms with Gasteiger partial charge in [-0.1, -0.05) is 0 Å². The molecule has 0 aliphatic heterocycles. The molecule has 0 N–H and O–H groups in total. The molecule has 0 bridgehead atoms. The predicted molar refractivity (Wildman–Crippen MR) is 52.1 cm³/mol.